The fourth-order valence-electron chi connectivity index (χ4n) is 8.87. The summed E-state index contributed by atoms with van der Waals surface area (Å²) in [7, 11) is 0. The zero-order valence-corrected chi connectivity index (χ0v) is 26.1. The highest BCUT2D eigenvalue weighted by molar-refractivity contribution is 6.03. The van der Waals surface area contributed by atoms with E-state index in [0.29, 0.717) is 42.6 Å². The van der Waals surface area contributed by atoms with Crippen LogP contribution >= 0.6 is 0 Å². The van der Waals surface area contributed by atoms with Crippen LogP contribution in [-0.2, 0) is 4.74 Å². The number of anilines is 1. The first-order valence-electron chi connectivity index (χ1n) is 16.5. The van der Waals surface area contributed by atoms with Crippen LogP contribution in [0, 0.1) is 29.4 Å². The smallest absolute Gasteiger partial charge is 0.319 e. The summed E-state index contributed by atoms with van der Waals surface area (Å²) < 4.78 is 73.1. The van der Waals surface area contributed by atoms with Gasteiger partial charge in [-0.1, -0.05) is 12.0 Å². The van der Waals surface area contributed by atoms with Gasteiger partial charge in [0, 0.05) is 43.2 Å². The van der Waals surface area contributed by atoms with Crippen molar-refractivity contribution in [3.8, 4) is 35.4 Å². The average Bonchev–Trinajstić information content (AvgIpc) is 3.38. The Kier molecular flexibility index (Phi) is 6.47. The van der Waals surface area contributed by atoms with Gasteiger partial charge >= 0.3 is 6.01 Å². The number of hydrogen-bond donors (Lipinski definition) is 1. The zero-order chi connectivity index (χ0) is 33.0. The fraction of sp³-hybridized carbons (Fsp3) is 0.472. The van der Waals surface area contributed by atoms with E-state index < -0.39 is 28.5 Å². The van der Waals surface area contributed by atoms with Gasteiger partial charge in [-0.3, -0.25) is 9.88 Å². The van der Waals surface area contributed by atoms with E-state index in [9.17, 15) is 18.3 Å². The molecular weight excluding hydrogens is 626 g/mol. The summed E-state index contributed by atoms with van der Waals surface area (Å²) in [6, 6.07) is 5.33. The minimum absolute atomic E-state index is 0.000487. The minimum atomic E-state index is -2.67. The van der Waals surface area contributed by atoms with Crippen LogP contribution in [0.4, 0.5) is 23.4 Å². The average molecular weight is 660 g/mol. The third-order valence-electron chi connectivity index (χ3n) is 11.3. The van der Waals surface area contributed by atoms with Crippen LogP contribution in [0.3, 0.4) is 0 Å². The largest absolute Gasteiger partial charge is 0.508 e. The van der Waals surface area contributed by atoms with E-state index in [-0.39, 0.29) is 64.7 Å². The lowest BCUT2D eigenvalue weighted by molar-refractivity contribution is 0.0580. The van der Waals surface area contributed by atoms with Gasteiger partial charge in [-0.05, 0) is 68.7 Å². The Bertz CT molecular complexity index is 2050. The van der Waals surface area contributed by atoms with Crippen molar-refractivity contribution in [3.05, 3.63) is 47.7 Å². The molecule has 12 heteroatoms. The van der Waals surface area contributed by atoms with E-state index in [0.717, 1.165) is 38.6 Å². The van der Waals surface area contributed by atoms with Gasteiger partial charge in [0.2, 0.25) is 0 Å². The second kappa shape index (κ2) is 10.4. The maximum absolute atomic E-state index is 16.9. The molecule has 8 nitrogen and oxygen atoms in total. The fourth-order valence-corrected chi connectivity index (χ4v) is 8.87. The summed E-state index contributed by atoms with van der Waals surface area (Å²) in [4.78, 5) is 18.0. The summed E-state index contributed by atoms with van der Waals surface area (Å²) in [5.41, 5.74) is -1.78. The number of phenolic OH excluding ortho intramolecular Hbond substituents is 1. The Hall–Kier alpha value is -4.21. The molecule has 1 N–H and O–H groups in total. The van der Waals surface area contributed by atoms with Gasteiger partial charge in [0.15, 0.2) is 5.82 Å². The molecule has 5 fully saturated rings. The number of nitrogens with zero attached hydrogens (tertiary/aromatic N) is 5. The predicted octanol–water partition coefficient (Wildman–Crippen LogP) is 6.21. The second-order valence-electron chi connectivity index (χ2n) is 14.2. The molecule has 2 bridgehead atoms. The maximum Gasteiger partial charge on any atom is 0.319 e. The molecule has 4 atom stereocenters. The number of pyridine rings is 1. The number of terminal acetylenes is 1. The van der Waals surface area contributed by atoms with Gasteiger partial charge in [0.25, 0.3) is 5.92 Å². The normalized spacial score (nSPS) is 29.0. The van der Waals surface area contributed by atoms with Crippen LogP contribution in [0.2, 0.25) is 0 Å². The van der Waals surface area contributed by atoms with Crippen LogP contribution < -0.4 is 9.64 Å². The Balaban J connectivity index is 1.16. The van der Waals surface area contributed by atoms with E-state index in [2.05, 4.69) is 20.8 Å². The van der Waals surface area contributed by atoms with E-state index >= 15 is 4.39 Å². The van der Waals surface area contributed by atoms with Gasteiger partial charge in [0.1, 0.15) is 35.2 Å². The SMILES string of the molecule is C#Cc1c(F)ccc2cc(O)cc(-c3ncc4c(N5CCC6CCC(C5)O6)nc(OC[C@@]56CCCN5C[C@@]5(CC5(F)F)C6)nc4c3F)c12. The Morgan fingerprint density at radius 3 is 2.73 bits per heavy atom. The molecule has 48 heavy (non-hydrogen) atoms. The van der Waals surface area contributed by atoms with Crippen LogP contribution in [0.1, 0.15) is 50.5 Å². The quantitative estimate of drug-likeness (QED) is 0.200. The van der Waals surface area contributed by atoms with Gasteiger partial charge < -0.3 is 19.5 Å². The van der Waals surface area contributed by atoms with Crippen molar-refractivity contribution < 1.29 is 32.1 Å². The highest BCUT2D eigenvalue weighted by Crippen LogP contribution is 2.69. The predicted molar refractivity (Wildman–Crippen MR) is 170 cm³/mol. The van der Waals surface area contributed by atoms with Crippen molar-refractivity contribution in [1.29, 1.82) is 0 Å². The van der Waals surface area contributed by atoms with Crippen LogP contribution in [-0.4, -0.2) is 81.4 Å². The molecule has 4 aromatic rings. The summed E-state index contributed by atoms with van der Waals surface area (Å²) >= 11 is 0. The van der Waals surface area contributed by atoms with E-state index in [4.69, 9.17) is 20.9 Å². The monoisotopic (exact) mass is 659 g/mol. The number of alkyl halides is 2. The summed E-state index contributed by atoms with van der Waals surface area (Å²) in [6.07, 6.45) is 11.8. The standard InChI is InChI=1S/C36H33F4N5O3/c1-2-24-27(37)7-4-20-12-21(46)13-25(28(20)24)30-29(38)31-26(14-41-30)32(44-11-8-22-5-6-23(15-44)48-22)43-33(42-31)47-19-35-9-3-10-45(35)18-34(16-35)17-36(34,39)40/h1,4,7,12-14,22-23,46H,3,5-6,8-11,15-19H2/t22?,23?,34-,35-/m0/s1. The highest BCUT2D eigenvalue weighted by atomic mass is 19.3. The van der Waals surface area contributed by atoms with Crippen molar-refractivity contribution in [2.24, 2.45) is 5.41 Å². The van der Waals surface area contributed by atoms with Gasteiger partial charge in [-0.2, -0.15) is 9.97 Å². The molecule has 0 radical (unpaired) electrons. The molecule has 2 aromatic carbocycles. The van der Waals surface area contributed by atoms with Crippen molar-refractivity contribution in [2.45, 2.75) is 68.6 Å². The maximum atomic E-state index is 16.9. The lowest BCUT2D eigenvalue weighted by Gasteiger charge is -2.31. The first kappa shape index (κ1) is 29.9. The molecule has 2 unspecified atom stereocenters. The number of fused-ring (bicyclic) bond motifs is 5. The number of aromatic hydroxyl groups is 1. The molecule has 1 aliphatic carbocycles. The zero-order valence-electron chi connectivity index (χ0n) is 26.1. The molecule has 2 aromatic heterocycles. The number of aromatic nitrogens is 3. The molecule has 0 amide bonds. The lowest BCUT2D eigenvalue weighted by Crippen LogP contribution is -2.43. The van der Waals surface area contributed by atoms with Crippen LogP contribution in [0.15, 0.2) is 30.5 Å². The Labute approximate surface area is 274 Å². The number of hydrogen-bond acceptors (Lipinski definition) is 8. The van der Waals surface area contributed by atoms with Crippen molar-refractivity contribution in [3.63, 3.8) is 0 Å². The second-order valence-corrected chi connectivity index (χ2v) is 14.2. The lowest BCUT2D eigenvalue weighted by atomic mass is 9.89. The molecule has 6 heterocycles. The topological polar surface area (TPSA) is 83.8 Å². The summed E-state index contributed by atoms with van der Waals surface area (Å²) in [5, 5.41) is 11.6. The summed E-state index contributed by atoms with van der Waals surface area (Å²) in [6.45, 7) is 2.33. The van der Waals surface area contributed by atoms with Gasteiger partial charge in [-0.15, -0.1) is 6.42 Å². The number of rotatable bonds is 5. The Morgan fingerprint density at radius 2 is 1.92 bits per heavy atom. The number of halogens is 4. The molecule has 4 saturated heterocycles. The van der Waals surface area contributed by atoms with Crippen LogP contribution in [0.5, 0.6) is 11.8 Å². The molecule has 1 saturated carbocycles. The van der Waals surface area contributed by atoms with E-state index in [1.54, 1.807) is 0 Å². The van der Waals surface area contributed by atoms with E-state index in [1.165, 1.54) is 30.5 Å². The first-order valence-corrected chi connectivity index (χ1v) is 16.5. The molecule has 9 rings (SSSR count). The number of phenols is 1. The molecule has 4 aliphatic heterocycles. The van der Waals surface area contributed by atoms with Gasteiger partial charge in [-0.25, -0.2) is 17.6 Å². The van der Waals surface area contributed by atoms with E-state index in [1.807, 2.05) is 4.90 Å². The van der Waals surface area contributed by atoms with Gasteiger partial charge in [0.05, 0.1) is 34.1 Å². The van der Waals surface area contributed by atoms with Crippen molar-refractivity contribution >= 4 is 27.5 Å². The first-order chi connectivity index (χ1) is 23.1. The molecule has 5 aliphatic rings. The summed E-state index contributed by atoms with van der Waals surface area (Å²) in [5.74, 6) is -1.51. The third-order valence-corrected chi connectivity index (χ3v) is 11.3. The molecule has 248 valence electrons. The van der Waals surface area contributed by atoms with Crippen molar-refractivity contribution in [1.82, 2.24) is 19.9 Å². The third kappa shape index (κ3) is 4.46. The highest BCUT2D eigenvalue weighted by Gasteiger charge is 2.77. The number of ether oxygens (including phenoxy) is 2. The molecule has 1 spiro atoms. The Morgan fingerprint density at radius 1 is 1.08 bits per heavy atom. The van der Waals surface area contributed by atoms with Crippen LogP contribution in [0.25, 0.3) is 32.9 Å². The number of benzene rings is 2. The minimum Gasteiger partial charge on any atom is -0.508 e. The molecular formula is C36H33F4N5O3. The van der Waals surface area contributed by atoms with Crippen molar-refractivity contribution in [2.75, 3.05) is 37.7 Å².